The van der Waals surface area contributed by atoms with Crippen LogP contribution in [0.3, 0.4) is 0 Å². The van der Waals surface area contributed by atoms with Gasteiger partial charge in [-0.05, 0) is 24.6 Å². The Labute approximate surface area is 129 Å². The third-order valence-corrected chi connectivity index (χ3v) is 3.66. The van der Waals surface area contributed by atoms with Crippen molar-refractivity contribution in [1.82, 2.24) is 5.32 Å². The third-order valence-electron chi connectivity index (χ3n) is 3.29. The van der Waals surface area contributed by atoms with Crippen molar-refractivity contribution in [2.24, 2.45) is 0 Å². The average molecular weight is 304 g/mol. The Kier molecular flexibility index (Phi) is 5.23. The lowest BCUT2D eigenvalue weighted by molar-refractivity contribution is -0.121. The molecule has 0 unspecified atom stereocenters. The monoisotopic (exact) mass is 303 g/mol. The molecule has 0 spiro atoms. The Hall–Kier alpha value is -2.00. The van der Waals surface area contributed by atoms with Crippen LogP contribution in [0.1, 0.15) is 24.1 Å². The van der Waals surface area contributed by atoms with Crippen molar-refractivity contribution in [2.75, 3.05) is 7.11 Å². The molecular weight excluding hydrogens is 286 g/mol. The minimum absolute atomic E-state index is 0.0680. The third kappa shape index (κ3) is 3.99. The van der Waals surface area contributed by atoms with Gasteiger partial charge in [0, 0.05) is 10.6 Å². The number of carbonyl (C=O) groups excluding carboxylic acids is 1. The van der Waals surface area contributed by atoms with Gasteiger partial charge in [0.1, 0.15) is 5.75 Å². The fourth-order valence-corrected chi connectivity index (χ4v) is 2.41. The molecule has 2 aromatic rings. The molecule has 1 amide bonds. The van der Waals surface area contributed by atoms with Crippen LogP contribution in [0, 0.1) is 0 Å². The molecule has 0 aliphatic heterocycles. The zero-order valence-corrected chi connectivity index (χ0v) is 12.9. The lowest BCUT2D eigenvalue weighted by atomic mass is 10.1. The second kappa shape index (κ2) is 7.14. The maximum absolute atomic E-state index is 12.1. The summed E-state index contributed by atoms with van der Waals surface area (Å²) < 4.78 is 5.31. The number of para-hydroxylation sites is 1. The number of methoxy groups -OCH3 is 1. The van der Waals surface area contributed by atoms with Gasteiger partial charge in [0.2, 0.25) is 5.91 Å². The molecule has 0 saturated carbocycles. The average Bonchev–Trinajstić information content (AvgIpc) is 2.49. The Morgan fingerprint density at radius 3 is 2.57 bits per heavy atom. The standard InChI is InChI=1S/C17H18ClNO2/c1-12(14-8-4-6-10-16(14)21-2)19-17(20)11-13-7-3-5-9-15(13)18/h3-10,12H,11H2,1-2H3,(H,19,20)/t12-/m0/s1. The molecule has 2 aromatic carbocycles. The summed E-state index contributed by atoms with van der Waals surface area (Å²) in [5, 5.41) is 3.58. The highest BCUT2D eigenvalue weighted by molar-refractivity contribution is 6.31. The molecule has 21 heavy (non-hydrogen) atoms. The molecule has 0 fully saturated rings. The Morgan fingerprint density at radius 2 is 1.86 bits per heavy atom. The number of benzene rings is 2. The first-order chi connectivity index (χ1) is 10.1. The molecule has 2 rings (SSSR count). The molecule has 0 aromatic heterocycles. The lowest BCUT2D eigenvalue weighted by Gasteiger charge is -2.17. The van der Waals surface area contributed by atoms with Crippen LogP contribution in [0.25, 0.3) is 0 Å². The van der Waals surface area contributed by atoms with E-state index in [9.17, 15) is 4.79 Å². The van der Waals surface area contributed by atoms with Gasteiger partial charge in [0.05, 0.1) is 19.6 Å². The fraction of sp³-hybridized carbons (Fsp3) is 0.235. The normalized spacial score (nSPS) is 11.8. The molecule has 0 saturated heterocycles. The Morgan fingerprint density at radius 1 is 1.19 bits per heavy atom. The predicted octanol–water partition coefficient (Wildman–Crippen LogP) is 3.77. The molecular formula is C17H18ClNO2. The van der Waals surface area contributed by atoms with Crippen molar-refractivity contribution in [3.63, 3.8) is 0 Å². The predicted molar refractivity (Wildman–Crippen MR) is 84.7 cm³/mol. The molecule has 110 valence electrons. The van der Waals surface area contributed by atoms with Crippen molar-refractivity contribution in [3.8, 4) is 5.75 Å². The number of carbonyl (C=O) groups is 1. The Bertz CT molecular complexity index is 628. The topological polar surface area (TPSA) is 38.3 Å². The quantitative estimate of drug-likeness (QED) is 0.913. The maximum atomic E-state index is 12.1. The summed E-state index contributed by atoms with van der Waals surface area (Å²) in [7, 11) is 1.62. The molecule has 0 aliphatic rings. The number of rotatable bonds is 5. The van der Waals surface area contributed by atoms with Crippen LogP contribution < -0.4 is 10.1 Å². The summed E-state index contributed by atoms with van der Waals surface area (Å²) >= 11 is 6.07. The summed E-state index contributed by atoms with van der Waals surface area (Å²) in [6, 6.07) is 14.9. The minimum atomic E-state index is -0.129. The number of nitrogens with one attached hydrogen (secondary N) is 1. The summed E-state index contributed by atoms with van der Waals surface area (Å²) in [5.74, 6) is 0.699. The molecule has 0 bridgehead atoms. The van der Waals surface area contributed by atoms with Crippen molar-refractivity contribution in [3.05, 3.63) is 64.7 Å². The van der Waals surface area contributed by atoms with Gasteiger partial charge >= 0.3 is 0 Å². The molecule has 0 aliphatic carbocycles. The first kappa shape index (κ1) is 15.4. The van der Waals surface area contributed by atoms with Gasteiger partial charge in [0.15, 0.2) is 0 Å². The van der Waals surface area contributed by atoms with E-state index in [2.05, 4.69) is 5.32 Å². The SMILES string of the molecule is COc1ccccc1[C@H](C)NC(=O)Cc1ccccc1Cl. The molecule has 3 nitrogen and oxygen atoms in total. The van der Waals surface area contributed by atoms with Crippen LogP contribution in [0.4, 0.5) is 0 Å². The zero-order chi connectivity index (χ0) is 15.2. The van der Waals surface area contributed by atoms with E-state index in [0.29, 0.717) is 5.02 Å². The summed E-state index contributed by atoms with van der Waals surface area (Å²) in [6.07, 6.45) is 0.263. The van der Waals surface area contributed by atoms with E-state index in [1.807, 2.05) is 49.4 Å². The van der Waals surface area contributed by atoms with Crippen LogP contribution >= 0.6 is 11.6 Å². The van der Waals surface area contributed by atoms with Crippen LogP contribution in [-0.4, -0.2) is 13.0 Å². The zero-order valence-electron chi connectivity index (χ0n) is 12.1. The summed E-state index contributed by atoms with van der Waals surface area (Å²) in [5.41, 5.74) is 1.77. The van der Waals surface area contributed by atoms with Crippen LogP contribution in [0.2, 0.25) is 5.02 Å². The lowest BCUT2D eigenvalue weighted by Crippen LogP contribution is -2.28. The van der Waals surface area contributed by atoms with Gasteiger partial charge in [-0.25, -0.2) is 0 Å². The summed E-state index contributed by atoms with van der Waals surface area (Å²) in [4.78, 5) is 12.1. The Balaban J connectivity index is 2.04. The number of halogens is 1. The van der Waals surface area contributed by atoms with E-state index in [1.54, 1.807) is 13.2 Å². The van der Waals surface area contributed by atoms with E-state index in [1.165, 1.54) is 0 Å². The van der Waals surface area contributed by atoms with Crippen LogP contribution in [-0.2, 0) is 11.2 Å². The second-order valence-corrected chi connectivity index (χ2v) is 5.21. The summed E-state index contributed by atoms with van der Waals surface area (Å²) in [6.45, 7) is 1.93. The van der Waals surface area contributed by atoms with E-state index in [-0.39, 0.29) is 18.4 Å². The van der Waals surface area contributed by atoms with Crippen molar-refractivity contribution < 1.29 is 9.53 Å². The first-order valence-corrected chi connectivity index (χ1v) is 7.15. The van der Waals surface area contributed by atoms with Gasteiger partial charge in [-0.3, -0.25) is 4.79 Å². The highest BCUT2D eigenvalue weighted by Gasteiger charge is 2.14. The molecule has 1 atom stereocenters. The van der Waals surface area contributed by atoms with Gasteiger partial charge in [-0.2, -0.15) is 0 Å². The fourth-order valence-electron chi connectivity index (χ4n) is 2.21. The van der Waals surface area contributed by atoms with E-state index < -0.39 is 0 Å². The number of hydrogen-bond donors (Lipinski definition) is 1. The first-order valence-electron chi connectivity index (χ1n) is 6.77. The molecule has 0 heterocycles. The molecule has 0 radical (unpaired) electrons. The van der Waals surface area contributed by atoms with Crippen LogP contribution in [0.5, 0.6) is 5.75 Å². The van der Waals surface area contributed by atoms with Gasteiger partial charge < -0.3 is 10.1 Å². The minimum Gasteiger partial charge on any atom is -0.496 e. The van der Waals surface area contributed by atoms with Gasteiger partial charge in [0.25, 0.3) is 0 Å². The number of amides is 1. The van der Waals surface area contributed by atoms with Crippen LogP contribution in [0.15, 0.2) is 48.5 Å². The van der Waals surface area contributed by atoms with E-state index in [4.69, 9.17) is 16.3 Å². The number of hydrogen-bond acceptors (Lipinski definition) is 2. The van der Waals surface area contributed by atoms with Gasteiger partial charge in [-0.1, -0.05) is 48.0 Å². The maximum Gasteiger partial charge on any atom is 0.224 e. The van der Waals surface area contributed by atoms with E-state index in [0.717, 1.165) is 16.9 Å². The van der Waals surface area contributed by atoms with Crippen molar-refractivity contribution in [2.45, 2.75) is 19.4 Å². The van der Waals surface area contributed by atoms with Gasteiger partial charge in [-0.15, -0.1) is 0 Å². The molecule has 4 heteroatoms. The van der Waals surface area contributed by atoms with Crippen molar-refractivity contribution >= 4 is 17.5 Å². The highest BCUT2D eigenvalue weighted by Crippen LogP contribution is 2.24. The van der Waals surface area contributed by atoms with E-state index >= 15 is 0 Å². The highest BCUT2D eigenvalue weighted by atomic mass is 35.5. The number of ether oxygens (including phenoxy) is 1. The largest absolute Gasteiger partial charge is 0.496 e. The smallest absolute Gasteiger partial charge is 0.224 e. The second-order valence-electron chi connectivity index (χ2n) is 4.80. The van der Waals surface area contributed by atoms with Crippen molar-refractivity contribution in [1.29, 1.82) is 0 Å². The molecule has 1 N–H and O–H groups in total.